The number of hydrogen-bond donors (Lipinski definition) is 1. The van der Waals surface area contributed by atoms with Crippen molar-refractivity contribution in [3.8, 4) is 0 Å². The standard InChI is InChI=1S/C51H91NO7/c1-6-8-10-12-14-16-18-20-22-23-24-25-26-27-28-30-32-34-36-38-40-42-50(54)59-47(45-57-44-43-48(51(55)56)52(3,4)5)46-58-49(53)41-39-37-35-33-31-29-21-19-17-15-13-11-9-7-2/h13,15,18-21,23-24,47-48H,6-12,14,16-17,22,25-46H2,1-5H3/p+1/b15-13-,20-18-,21-19-,24-23-. The first-order valence-corrected chi connectivity index (χ1v) is 24.2. The minimum atomic E-state index is -0.878. The van der Waals surface area contributed by atoms with Crippen LogP contribution in [0.25, 0.3) is 0 Å². The number of allylic oxidation sites excluding steroid dienone is 8. The summed E-state index contributed by atoms with van der Waals surface area (Å²) in [5, 5.41) is 9.63. The molecule has 0 radical (unpaired) electrons. The Labute approximate surface area is 363 Å². The molecule has 0 bridgehead atoms. The molecule has 0 fully saturated rings. The number of aliphatic carboxylic acids is 1. The second kappa shape index (κ2) is 42.0. The summed E-state index contributed by atoms with van der Waals surface area (Å²) in [6.45, 7) is 4.67. The molecule has 0 amide bonds. The van der Waals surface area contributed by atoms with E-state index in [0.717, 1.165) is 70.6 Å². The van der Waals surface area contributed by atoms with E-state index < -0.39 is 18.1 Å². The third kappa shape index (κ3) is 40.5. The van der Waals surface area contributed by atoms with Gasteiger partial charge in [0.1, 0.15) is 6.61 Å². The maximum atomic E-state index is 12.8. The van der Waals surface area contributed by atoms with Crippen LogP contribution in [0.15, 0.2) is 48.6 Å². The van der Waals surface area contributed by atoms with Crippen LogP contribution in [0.2, 0.25) is 0 Å². The smallest absolute Gasteiger partial charge is 0.362 e. The molecular weight excluding hydrogens is 739 g/mol. The lowest BCUT2D eigenvalue weighted by Crippen LogP contribution is -2.50. The molecule has 0 aliphatic heterocycles. The number of hydrogen-bond acceptors (Lipinski definition) is 6. The lowest BCUT2D eigenvalue weighted by atomic mass is 10.1. The molecule has 8 nitrogen and oxygen atoms in total. The van der Waals surface area contributed by atoms with Gasteiger partial charge in [-0.1, -0.05) is 165 Å². The molecule has 59 heavy (non-hydrogen) atoms. The van der Waals surface area contributed by atoms with Crippen LogP contribution in [0, 0.1) is 0 Å². The summed E-state index contributed by atoms with van der Waals surface area (Å²) in [5.41, 5.74) is 0. The highest BCUT2D eigenvalue weighted by Crippen LogP contribution is 2.14. The number of rotatable bonds is 43. The Kier molecular flexibility index (Phi) is 40.1. The molecule has 0 aromatic heterocycles. The first-order chi connectivity index (χ1) is 28.6. The summed E-state index contributed by atoms with van der Waals surface area (Å²) in [7, 11) is 5.52. The summed E-state index contributed by atoms with van der Waals surface area (Å²) in [4.78, 5) is 37.1. The minimum absolute atomic E-state index is 0.0546. The second-order valence-corrected chi connectivity index (χ2v) is 17.4. The highest BCUT2D eigenvalue weighted by atomic mass is 16.6. The summed E-state index contributed by atoms with van der Waals surface area (Å²) in [5.74, 6) is -1.49. The van der Waals surface area contributed by atoms with E-state index in [4.69, 9.17) is 14.2 Å². The van der Waals surface area contributed by atoms with E-state index in [2.05, 4.69) is 62.5 Å². The van der Waals surface area contributed by atoms with Gasteiger partial charge >= 0.3 is 17.9 Å². The Morgan fingerprint density at radius 1 is 0.508 bits per heavy atom. The summed E-state index contributed by atoms with van der Waals surface area (Å²) in [6.07, 6.45) is 50.1. The number of ether oxygens (including phenoxy) is 3. The number of likely N-dealkylation sites (N-methyl/N-ethyl adjacent to an activating group) is 1. The van der Waals surface area contributed by atoms with Gasteiger partial charge in [-0.05, 0) is 70.6 Å². The summed E-state index contributed by atoms with van der Waals surface area (Å²) >= 11 is 0. The Hall–Kier alpha value is -2.71. The van der Waals surface area contributed by atoms with E-state index in [0.29, 0.717) is 19.3 Å². The predicted molar refractivity (Wildman–Crippen MR) is 248 cm³/mol. The molecule has 2 unspecified atom stereocenters. The number of carboxylic acid groups (broad SMARTS) is 1. The van der Waals surface area contributed by atoms with Crippen molar-refractivity contribution >= 4 is 17.9 Å². The van der Waals surface area contributed by atoms with E-state index in [1.165, 1.54) is 103 Å². The monoisotopic (exact) mass is 831 g/mol. The molecule has 0 rings (SSSR count). The molecule has 1 N–H and O–H groups in total. The van der Waals surface area contributed by atoms with Gasteiger partial charge in [-0.15, -0.1) is 0 Å². The van der Waals surface area contributed by atoms with Crippen molar-refractivity contribution in [2.45, 2.75) is 219 Å². The van der Waals surface area contributed by atoms with Crippen LogP contribution in [0.3, 0.4) is 0 Å². The van der Waals surface area contributed by atoms with Gasteiger partial charge in [0.15, 0.2) is 12.1 Å². The molecule has 0 aromatic rings. The molecule has 8 heteroatoms. The zero-order valence-electron chi connectivity index (χ0n) is 39.0. The van der Waals surface area contributed by atoms with Crippen molar-refractivity contribution in [3.05, 3.63) is 48.6 Å². The van der Waals surface area contributed by atoms with Crippen LogP contribution in [0.4, 0.5) is 0 Å². The van der Waals surface area contributed by atoms with Crippen LogP contribution < -0.4 is 0 Å². The Balaban J connectivity index is 4.29. The van der Waals surface area contributed by atoms with Crippen LogP contribution in [0.5, 0.6) is 0 Å². The molecule has 342 valence electrons. The van der Waals surface area contributed by atoms with Gasteiger partial charge in [0, 0.05) is 19.3 Å². The van der Waals surface area contributed by atoms with E-state index in [1.807, 2.05) is 21.1 Å². The Bertz CT molecular complexity index is 1110. The van der Waals surface area contributed by atoms with E-state index in [9.17, 15) is 19.5 Å². The number of carbonyl (C=O) groups excluding carboxylic acids is 2. The normalized spacial score (nSPS) is 13.3. The van der Waals surface area contributed by atoms with E-state index in [1.54, 1.807) is 0 Å². The number of carbonyl (C=O) groups is 3. The topological polar surface area (TPSA) is 99.1 Å². The van der Waals surface area contributed by atoms with Gasteiger partial charge in [0.25, 0.3) is 0 Å². The fraction of sp³-hybridized carbons (Fsp3) is 0.784. The zero-order chi connectivity index (χ0) is 43.5. The van der Waals surface area contributed by atoms with Crippen molar-refractivity contribution in [2.75, 3.05) is 41.0 Å². The molecule has 0 saturated carbocycles. The Morgan fingerprint density at radius 3 is 1.36 bits per heavy atom. The molecule has 0 spiro atoms. The molecule has 0 aliphatic rings. The highest BCUT2D eigenvalue weighted by Gasteiger charge is 2.31. The van der Waals surface area contributed by atoms with Gasteiger partial charge in [-0.2, -0.15) is 0 Å². The largest absolute Gasteiger partial charge is 0.477 e. The third-order valence-corrected chi connectivity index (χ3v) is 10.7. The third-order valence-electron chi connectivity index (χ3n) is 10.7. The van der Waals surface area contributed by atoms with Gasteiger partial charge < -0.3 is 23.8 Å². The van der Waals surface area contributed by atoms with Crippen molar-refractivity contribution < 1.29 is 38.2 Å². The van der Waals surface area contributed by atoms with Gasteiger partial charge in [-0.25, -0.2) is 4.79 Å². The van der Waals surface area contributed by atoms with Crippen LogP contribution in [-0.2, 0) is 28.6 Å². The van der Waals surface area contributed by atoms with Crippen molar-refractivity contribution in [3.63, 3.8) is 0 Å². The van der Waals surface area contributed by atoms with Gasteiger partial charge in [-0.3, -0.25) is 9.59 Å². The first-order valence-electron chi connectivity index (χ1n) is 24.2. The van der Waals surface area contributed by atoms with Gasteiger partial charge in [0.05, 0.1) is 34.4 Å². The molecule has 2 atom stereocenters. The maximum Gasteiger partial charge on any atom is 0.362 e. The quantitative estimate of drug-likeness (QED) is 0.0283. The van der Waals surface area contributed by atoms with E-state index >= 15 is 0 Å². The fourth-order valence-corrected chi connectivity index (χ4v) is 6.90. The number of carboxylic acids is 1. The molecule has 0 heterocycles. The number of nitrogens with zero attached hydrogens (tertiary/aromatic N) is 1. The fourth-order valence-electron chi connectivity index (χ4n) is 6.90. The average molecular weight is 831 g/mol. The lowest BCUT2D eigenvalue weighted by Gasteiger charge is -2.31. The van der Waals surface area contributed by atoms with Crippen molar-refractivity contribution in [1.29, 1.82) is 0 Å². The molecular formula is C51H92NO7+. The number of unbranched alkanes of at least 4 members (excludes halogenated alkanes) is 21. The average Bonchev–Trinajstić information content (AvgIpc) is 3.19. The van der Waals surface area contributed by atoms with E-state index in [-0.39, 0.29) is 36.2 Å². The Morgan fingerprint density at radius 2 is 0.915 bits per heavy atom. The maximum absolute atomic E-state index is 12.8. The van der Waals surface area contributed by atoms with Crippen LogP contribution in [-0.4, -0.2) is 80.6 Å². The predicted octanol–water partition coefficient (Wildman–Crippen LogP) is 13.6. The highest BCUT2D eigenvalue weighted by molar-refractivity contribution is 5.72. The molecule has 0 saturated heterocycles. The van der Waals surface area contributed by atoms with Gasteiger partial charge in [0.2, 0.25) is 0 Å². The second-order valence-electron chi connectivity index (χ2n) is 17.4. The molecule has 0 aromatic carbocycles. The lowest BCUT2D eigenvalue weighted by molar-refractivity contribution is -0.887. The van der Waals surface area contributed by atoms with Crippen LogP contribution in [0.1, 0.15) is 206 Å². The zero-order valence-corrected chi connectivity index (χ0v) is 39.0. The first kappa shape index (κ1) is 56.3. The SMILES string of the molecule is CCCC/C=C\C/C=C\CCCCCCCC(=O)OCC(COCCC(C(=O)O)[N+](C)(C)C)OC(=O)CCCCCCCCCCC/C=C\C/C=C\CCCCCCC. The molecule has 0 aliphatic carbocycles. The van der Waals surface area contributed by atoms with Crippen LogP contribution >= 0.6 is 0 Å². The minimum Gasteiger partial charge on any atom is -0.477 e. The number of quaternary nitrogens is 1. The summed E-state index contributed by atoms with van der Waals surface area (Å²) < 4.78 is 17.3. The summed E-state index contributed by atoms with van der Waals surface area (Å²) in [6, 6.07) is -0.618. The number of esters is 2. The van der Waals surface area contributed by atoms with Crippen molar-refractivity contribution in [2.24, 2.45) is 0 Å². The van der Waals surface area contributed by atoms with Crippen molar-refractivity contribution in [1.82, 2.24) is 0 Å².